The van der Waals surface area contributed by atoms with Crippen LogP contribution >= 0.6 is 11.6 Å². The molecule has 98 valence electrons. The average molecular weight is 275 g/mol. The van der Waals surface area contributed by atoms with Gasteiger partial charge in [-0.1, -0.05) is 48.0 Å². The fourth-order valence-corrected chi connectivity index (χ4v) is 2.04. The Kier molecular flexibility index (Phi) is 4.99. The van der Waals surface area contributed by atoms with Crippen LogP contribution in [0.1, 0.15) is 17.5 Å². The molecule has 0 spiro atoms. The van der Waals surface area contributed by atoms with E-state index in [1.54, 1.807) is 6.07 Å². The molecular weight excluding hydrogens is 260 g/mol. The predicted octanol–water partition coefficient (Wildman–Crippen LogP) is 4.05. The highest BCUT2D eigenvalue weighted by molar-refractivity contribution is 6.31. The molecule has 0 aromatic heterocycles. The minimum atomic E-state index is 0.490. The molecule has 3 heteroatoms. The number of hydrogen-bond donors (Lipinski definition) is 0. The van der Waals surface area contributed by atoms with E-state index >= 15 is 0 Å². The smallest absolute Gasteiger partial charge is 0.121 e. The van der Waals surface area contributed by atoms with Gasteiger partial charge in [0.15, 0.2) is 0 Å². The molecule has 0 heterocycles. The minimum absolute atomic E-state index is 0.490. The Morgan fingerprint density at radius 3 is 2.58 bits per heavy atom. The van der Waals surface area contributed by atoms with Crippen molar-refractivity contribution >= 4 is 17.9 Å². The van der Waals surface area contributed by atoms with Crippen molar-refractivity contribution in [2.75, 3.05) is 0 Å². The zero-order valence-electron chi connectivity index (χ0n) is 10.5. The molecule has 0 aliphatic heterocycles. The maximum Gasteiger partial charge on any atom is 0.121 e. The molecule has 2 rings (SSSR count). The van der Waals surface area contributed by atoms with Crippen molar-refractivity contribution in [2.24, 2.45) is 0 Å². The van der Waals surface area contributed by atoms with Gasteiger partial charge < -0.3 is 9.53 Å². The molecule has 0 aliphatic rings. The van der Waals surface area contributed by atoms with E-state index in [0.717, 1.165) is 23.2 Å². The van der Waals surface area contributed by atoms with E-state index in [2.05, 4.69) is 0 Å². The summed E-state index contributed by atoms with van der Waals surface area (Å²) in [6, 6.07) is 15.6. The average Bonchev–Trinajstić information content (AvgIpc) is 2.45. The SMILES string of the molecule is O=CCCc1ccc(OCc2ccccc2)cc1Cl. The number of rotatable bonds is 6. The highest BCUT2D eigenvalue weighted by Gasteiger charge is 2.03. The summed E-state index contributed by atoms with van der Waals surface area (Å²) in [5, 5.41) is 0.646. The minimum Gasteiger partial charge on any atom is -0.489 e. The number of carbonyl (C=O) groups excluding carboxylic acids is 1. The van der Waals surface area contributed by atoms with E-state index in [9.17, 15) is 4.79 Å². The van der Waals surface area contributed by atoms with Gasteiger partial charge in [-0.15, -0.1) is 0 Å². The van der Waals surface area contributed by atoms with Gasteiger partial charge in [0, 0.05) is 11.4 Å². The van der Waals surface area contributed by atoms with Crippen molar-refractivity contribution in [3.05, 3.63) is 64.7 Å². The van der Waals surface area contributed by atoms with Crippen molar-refractivity contribution in [1.29, 1.82) is 0 Å². The van der Waals surface area contributed by atoms with Gasteiger partial charge in [-0.3, -0.25) is 0 Å². The van der Waals surface area contributed by atoms with Crippen LogP contribution in [-0.4, -0.2) is 6.29 Å². The van der Waals surface area contributed by atoms with E-state index in [1.165, 1.54) is 0 Å². The number of ether oxygens (including phenoxy) is 1. The normalized spacial score (nSPS) is 10.2. The van der Waals surface area contributed by atoms with Gasteiger partial charge in [0.05, 0.1) is 0 Å². The molecule has 19 heavy (non-hydrogen) atoms. The number of halogens is 1. The molecule has 2 aromatic rings. The number of aryl methyl sites for hydroxylation is 1. The van der Waals surface area contributed by atoms with E-state index in [4.69, 9.17) is 16.3 Å². The second-order valence-corrected chi connectivity index (χ2v) is 4.64. The van der Waals surface area contributed by atoms with Gasteiger partial charge in [-0.2, -0.15) is 0 Å². The zero-order valence-corrected chi connectivity index (χ0v) is 11.3. The Bertz CT molecular complexity index is 538. The van der Waals surface area contributed by atoms with Crippen LogP contribution in [-0.2, 0) is 17.8 Å². The van der Waals surface area contributed by atoms with Crippen LogP contribution in [0.15, 0.2) is 48.5 Å². The third kappa shape index (κ3) is 4.11. The Hall–Kier alpha value is -1.80. The van der Waals surface area contributed by atoms with Crippen LogP contribution in [0.3, 0.4) is 0 Å². The first-order chi connectivity index (χ1) is 9.29. The highest BCUT2D eigenvalue weighted by atomic mass is 35.5. The molecule has 0 atom stereocenters. The Balaban J connectivity index is 1.98. The Morgan fingerprint density at radius 1 is 1.11 bits per heavy atom. The van der Waals surface area contributed by atoms with Crippen LogP contribution in [0.25, 0.3) is 0 Å². The summed E-state index contributed by atoms with van der Waals surface area (Å²) in [6.45, 7) is 0.519. The molecule has 0 saturated heterocycles. The van der Waals surface area contributed by atoms with Crippen molar-refractivity contribution < 1.29 is 9.53 Å². The molecule has 0 bridgehead atoms. The summed E-state index contributed by atoms with van der Waals surface area (Å²) < 4.78 is 5.68. The molecule has 0 radical (unpaired) electrons. The van der Waals surface area contributed by atoms with Crippen molar-refractivity contribution in [2.45, 2.75) is 19.4 Å². The monoisotopic (exact) mass is 274 g/mol. The molecule has 0 N–H and O–H groups in total. The summed E-state index contributed by atoms with van der Waals surface area (Å²) in [4.78, 5) is 10.3. The quantitative estimate of drug-likeness (QED) is 0.743. The van der Waals surface area contributed by atoms with Gasteiger partial charge in [-0.25, -0.2) is 0 Å². The van der Waals surface area contributed by atoms with Gasteiger partial charge in [-0.05, 0) is 29.7 Å². The summed E-state index contributed by atoms with van der Waals surface area (Å²) >= 11 is 6.15. The summed E-state index contributed by atoms with van der Waals surface area (Å²) in [6.07, 6.45) is 2.06. The largest absolute Gasteiger partial charge is 0.489 e. The molecule has 2 nitrogen and oxygen atoms in total. The summed E-state index contributed by atoms with van der Waals surface area (Å²) in [7, 11) is 0. The van der Waals surface area contributed by atoms with E-state index in [0.29, 0.717) is 24.5 Å². The lowest BCUT2D eigenvalue weighted by Gasteiger charge is -2.08. The standard InChI is InChI=1S/C16H15ClO2/c17-16-11-15(9-8-14(16)7-4-10-18)19-12-13-5-2-1-3-6-13/h1-3,5-6,8-11H,4,7,12H2. The van der Waals surface area contributed by atoms with Crippen LogP contribution in [0, 0.1) is 0 Å². The number of hydrogen-bond acceptors (Lipinski definition) is 2. The Labute approximate surface area is 118 Å². The third-order valence-electron chi connectivity index (χ3n) is 2.80. The molecule has 0 aliphatic carbocycles. The number of aldehydes is 1. The van der Waals surface area contributed by atoms with Crippen molar-refractivity contribution in [3.63, 3.8) is 0 Å². The molecule has 2 aromatic carbocycles. The highest BCUT2D eigenvalue weighted by Crippen LogP contribution is 2.24. The van der Waals surface area contributed by atoms with Crippen molar-refractivity contribution in [3.8, 4) is 5.75 Å². The Morgan fingerprint density at radius 2 is 1.89 bits per heavy atom. The van der Waals surface area contributed by atoms with Crippen LogP contribution in [0.4, 0.5) is 0 Å². The first-order valence-electron chi connectivity index (χ1n) is 6.18. The van der Waals surface area contributed by atoms with Gasteiger partial charge in [0.1, 0.15) is 18.6 Å². The first-order valence-corrected chi connectivity index (χ1v) is 6.56. The van der Waals surface area contributed by atoms with Crippen LogP contribution in [0.5, 0.6) is 5.75 Å². The molecule has 0 saturated carbocycles. The lowest BCUT2D eigenvalue weighted by atomic mass is 10.1. The fraction of sp³-hybridized carbons (Fsp3) is 0.188. The lowest BCUT2D eigenvalue weighted by Crippen LogP contribution is -1.96. The van der Waals surface area contributed by atoms with Gasteiger partial charge in [0.25, 0.3) is 0 Å². The molecule has 0 unspecified atom stereocenters. The van der Waals surface area contributed by atoms with E-state index < -0.39 is 0 Å². The summed E-state index contributed by atoms with van der Waals surface area (Å²) in [5.41, 5.74) is 2.09. The second kappa shape index (κ2) is 6.95. The number of carbonyl (C=O) groups is 1. The second-order valence-electron chi connectivity index (χ2n) is 4.23. The van der Waals surface area contributed by atoms with Gasteiger partial charge in [0.2, 0.25) is 0 Å². The van der Waals surface area contributed by atoms with E-state index in [-0.39, 0.29) is 0 Å². The molecular formula is C16H15ClO2. The molecule has 0 fully saturated rings. The van der Waals surface area contributed by atoms with Crippen LogP contribution < -0.4 is 4.74 Å². The lowest BCUT2D eigenvalue weighted by molar-refractivity contribution is -0.107. The topological polar surface area (TPSA) is 26.3 Å². The molecule has 0 amide bonds. The van der Waals surface area contributed by atoms with Gasteiger partial charge >= 0.3 is 0 Å². The first kappa shape index (κ1) is 13.6. The van der Waals surface area contributed by atoms with Crippen LogP contribution in [0.2, 0.25) is 5.02 Å². The maximum absolute atomic E-state index is 10.3. The zero-order chi connectivity index (χ0) is 13.5. The van der Waals surface area contributed by atoms with Crippen molar-refractivity contribution in [1.82, 2.24) is 0 Å². The third-order valence-corrected chi connectivity index (χ3v) is 3.16. The summed E-state index contributed by atoms with van der Waals surface area (Å²) in [5.74, 6) is 0.740. The number of benzene rings is 2. The predicted molar refractivity (Wildman–Crippen MR) is 76.6 cm³/mol. The maximum atomic E-state index is 10.3. The van der Waals surface area contributed by atoms with E-state index in [1.807, 2.05) is 42.5 Å². The fourth-order valence-electron chi connectivity index (χ4n) is 1.78.